The Hall–Kier alpha value is -4.07. The van der Waals surface area contributed by atoms with Crippen molar-refractivity contribution in [3.05, 3.63) is 84.1 Å². The van der Waals surface area contributed by atoms with Crippen molar-refractivity contribution in [3.63, 3.8) is 0 Å². The van der Waals surface area contributed by atoms with Crippen molar-refractivity contribution in [3.8, 4) is 0 Å². The summed E-state index contributed by atoms with van der Waals surface area (Å²) < 4.78 is 0. The minimum atomic E-state index is -0.798. The van der Waals surface area contributed by atoms with E-state index in [9.17, 15) is 14.4 Å². The molecule has 1 aliphatic heterocycles. The number of carbonyl (C=O) groups excluding carboxylic acids is 3. The lowest BCUT2D eigenvalue weighted by Gasteiger charge is -2.39. The van der Waals surface area contributed by atoms with Gasteiger partial charge >= 0.3 is 6.03 Å². The molecular formula is C26H29N5O3. The summed E-state index contributed by atoms with van der Waals surface area (Å²) in [4.78, 5) is 36.9. The van der Waals surface area contributed by atoms with Gasteiger partial charge in [-0.05, 0) is 56.2 Å². The van der Waals surface area contributed by atoms with Crippen molar-refractivity contribution in [1.29, 1.82) is 0 Å². The Morgan fingerprint density at radius 2 is 1.65 bits per heavy atom. The molecule has 8 nitrogen and oxygen atoms in total. The van der Waals surface area contributed by atoms with Gasteiger partial charge in [0.05, 0.1) is 11.5 Å². The van der Waals surface area contributed by atoms with E-state index in [0.29, 0.717) is 31.5 Å². The third kappa shape index (κ3) is 5.11. The molecule has 0 aromatic heterocycles. The maximum atomic E-state index is 12.6. The summed E-state index contributed by atoms with van der Waals surface area (Å²) in [5, 5.41) is 15.1. The zero-order valence-electron chi connectivity index (χ0n) is 19.1. The van der Waals surface area contributed by atoms with Gasteiger partial charge in [-0.25, -0.2) is 4.79 Å². The molecule has 2 aromatic rings. The van der Waals surface area contributed by atoms with Crippen LogP contribution < -0.4 is 26.6 Å². The third-order valence-electron chi connectivity index (χ3n) is 5.90. The van der Waals surface area contributed by atoms with Crippen molar-refractivity contribution in [2.24, 2.45) is 5.92 Å². The van der Waals surface area contributed by atoms with E-state index in [2.05, 4.69) is 26.6 Å². The van der Waals surface area contributed by atoms with Crippen LogP contribution in [0.4, 0.5) is 16.2 Å². The molecule has 2 aromatic carbocycles. The summed E-state index contributed by atoms with van der Waals surface area (Å²) in [5.74, 6) is -1.34. The summed E-state index contributed by atoms with van der Waals surface area (Å²) in [7, 11) is 0. The van der Waals surface area contributed by atoms with Gasteiger partial charge in [-0.2, -0.15) is 0 Å². The number of anilines is 2. The number of benzene rings is 2. The van der Waals surface area contributed by atoms with Crippen LogP contribution in [0.5, 0.6) is 0 Å². The molecule has 1 heterocycles. The Bertz CT molecular complexity index is 1110. The normalized spacial score (nSPS) is 21.0. The molecule has 2 unspecified atom stereocenters. The number of imide groups is 1. The third-order valence-corrected chi connectivity index (χ3v) is 5.90. The van der Waals surface area contributed by atoms with E-state index in [1.54, 1.807) is 0 Å². The quantitative estimate of drug-likeness (QED) is 0.292. The van der Waals surface area contributed by atoms with Crippen LogP contribution in [0.3, 0.4) is 0 Å². The largest absolute Gasteiger partial charge is 0.371 e. The summed E-state index contributed by atoms with van der Waals surface area (Å²) in [5.41, 5.74) is 2.16. The minimum Gasteiger partial charge on any atom is -0.371 e. The molecule has 5 N–H and O–H groups in total. The Kier molecular flexibility index (Phi) is 6.96. The van der Waals surface area contributed by atoms with E-state index in [-0.39, 0.29) is 17.8 Å². The Morgan fingerprint density at radius 3 is 2.32 bits per heavy atom. The minimum absolute atomic E-state index is 0.214. The number of amides is 4. The monoisotopic (exact) mass is 459 g/mol. The van der Waals surface area contributed by atoms with E-state index >= 15 is 0 Å². The second-order valence-corrected chi connectivity index (χ2v) is 8.32. The van der Waals surface area contributed by atoms with Gasteiger partial charge in [0.1, 0.15) is 0 Å². The molecule has 0 bridgehead atoms. The first-order valence-electron chi connectivity index (χ1n) is 11.5. The maximum Gasteiger partial charge on any atom is 0.314 e. The van der Waals surface area contributed by atoms with Crippen LogP contribution in [0.25, 0.3) is 0 Å². The number of hydrogen-bond acceptors (Lipinski definition) is 5. The standard InChI is InChI=1S/C26H29N5O3/c1-2-27-25(34)28-15-9-14-26(31-19-12-7-4-8-13-19)17-21-20(23(32)30-24(21)33)16-22(26)29-18-10-5-3-6-11-18/h3-8,10-13,16-17,20,29,31H,2,9,14-15H2,1H3,(H2,27,28,34)(H,30,32,33). The molecule has 2 atom stereocenters. The van der Waals surface area contributed by atoms with Crippen LogP contribution in [0.1, 0.15) is 19.8 Å². The highest BCUT2D eigenvalue weighted by Gasteiger charge is 2.45. The number of para-hydroxylation sites is 2. The fourth-order valence-corrected chi connectivity index (χ4v) is 4.30. The second-order valence-electron chi connectivity index (χ2n) is 8.32. The van der Waals surface area contributed by atoms with E-state index in [1.165, 1.54) is 0 Å². The summed E-state index contributed by atoms with van der Waals surface area (Å²) in [6.45, 7) is 2.87. The van der Waals surface area contributed by atoms with Gasteiger partial charge in [-0.1, -0.05) is 36.4 Å². The molecular weight excluding hydrogens is 430 g/mol. The van der Waals surface area contributed by atoms with E-state index in [1.807, 2.05) is 79.7 Å². The van der Waals surface area contributed by atoms with Gasteiger partial charge in [0.15, 0.2) is 0 Å². The first kappa shape index (κ1) is 23.1. The van der Waals surface area contributed by atoms with Gasteiger partial charge in [-0.15, -0.1) is 0 Å². The van der Waals surface area contributed by atoms with E-state index in [0.717, 1.165) is 17.1 Å². The number of urea groups is 1. The molecule has 0 spiro atoms. The van der Waals surface area contributed by atoms with Gasteiger partial charge in [-0.3, -0.25) is 14.9 Å². The fourth-order valence-electron chi connectivity index (χ4n) is 4.30. The molecule has 1 aliphatic carbocycles. The molecule has 176 valence electrons. The van der Waals surface area contributed by atoms with Crippen LogP contribution in [0.15, 0.2) is 84.1 Å². The van der Waals surface area contributed by atoms with Gasteiger partial charge in [0.2, 0.25) is 5.91 Å². The highest BCUT2D eigenvalue weighted by molar-refractivity contribution is 6.16. The smallest absolute Gasteiger partial charge is 0.314 e. The topological polar surface area (TPSA) is 111 Å². The van der Waals surface area contributed by atoms with Crippen LogP contribution >= 0.6 is 0 Å². The first-order valence-corrected chi connectivity index (χ1v) is 11.5. The Balaban J connectivity index is 1.68. The highest BCUT2D eigenvalue weighted by atomic mass is 16.2. The lowest BCUT2D eigenvalue weighted by Crippen LogP contribution is -2.45. The molecule has 4 rings (SSSR count). The lowest BCUT2D eigenvalue weighted by atomic mass is 9.78. The zero-order chi connectivity index (χ0) is 24.0. The van der Waals surface area contributed by atoms with Crippen molar-refractivity contribution < 1.29 is 14.4 Å². The molecule has 1 saturated heterocycles. The predicted molar refractivity (Wildman–Crippen MR) is 132 cm³/mol. The van der Waals surface area contributed by atoms with Crippen molar-refractivity contribution >= 4 is 29.2 Å². The number of nitrogens with one attached hydrogen (secondary N) is 5. The Labute approximate surface area is 198 Å². The van der Waals surface area contributed by atoms with Crippen LogP contribution in [0, 0.1) is 5.92 Å². The summed E-state index contributed by atoms with van der Waals surface area (Å²) in [6.07, 6.45) is 4.89. The maximum absolute atomic E-state index is 12.6. The first-order chi connectivity index (χ1) is 16.5. The zero-order valence-corrected chi connectivity index (χ0v) is 19.1. The highest BCUT2D eigenvalue weighted by Crippen LogP contribution is 2.39. The van der Waals surface area contributed by atoms with Crippen LogP contribution in [-0.4, -0.2) is 36.5 Å². The summed E-state index contributed by atoms with van der Waals surface area (Å²) in [6, 6.07) is 19.2. The SMILES string of the molecule is CCNC(=O)NCCCC1(Nc2ccccc2)C=C2C(=O)NC(=O)C2C=C1Nc1ccccc1. The Morgan fingerprint density at radius 1 is 0.971 bits per heavy atom. The second kappa shape index (κ2) is 10.2. The average molecular weight is 460 g/mol. The molecule has 2 aliphatic rings. The molecule has 0 saturated carbocycles. The number of rotatable bonds is 9. The van der Waals surface area contributed by atoms with Crippen LogP contribution in [-0.2, 0) is 9.59 Å². The van der Waals surface area contributed by atoms with E-state index < -0.39 is 11.5 Å². The number of hydrogen-bond donors (Lipinski definition) is 5. The van der Waals surface area contributed by atoms with Gasteiger partial charge in [0, 0.05) is 35.7 Å². The molecule has 4 amide bonds. The number of fused-ring (bicyclic) bond motifs is 1. The van der Waals surface area contributed by atoms with Crippen LogP contribution in [0.2, 0.25) is 0 Å². The molecule has 34 heavy (non-hydrogen) atoms. The summed E-state index contributed by atoms with van der Waals surface area (Å²) >= 11 is 0. The lowest BCUT2D eigenvalue weighted by molar-refractivity contribution is -0.125. The van der Waals surface area contributed by atoms with E-state index in [4.69, 9.17) is 0 Å². The van der Waals surface area contributed by atoms with Gasteiger partial charge in [0.25, 0.3) is 5.91 Å². The number of carbonyl (C=O) groups is 3. The molecule has 0 radical (unpaired) electrons. The molecule has 1 fully saturated rings. The van der Waals surface area contributed by atoms with Gasteiger partial charge < -0.3 is 21.3 Å². The van der Waals surface area contributed by atoms with Crippen molar-refractivity contribution in [2.45, 2.75) is 25.3 Å². The van der Waals surface area contributed by atoms with Crippen molar-refractivity contribution in [1.82, 2.24) is 16.0 Å². The molecule has 8 heteroatoms. The fraction of sp³-hybridized carbons (Fsp3) is 0.269. The predicted octanol–water partition coefficient (Wildman–Crippen LogP) is 3.15. The van der Waals surface area contributed by atoms with Crippen molar-refractivity contribution in [2.75, 3.05) is 23.7 Å². The average Bonchev–Trinajstić information content (AvgIpc) is 3.10.